The molecule has 8 heteroatoms. The van der Waals surface area contributed by atoms with Gasteiger partial charge in [-0.05, 0) is 96.6 Å². The van der Waals surface area contributed by atoms with Crippen LogP contribution >= 0.6 is 0 Å². The molecule has 388 valence electrons. The molecule has 1 amide bonds. The van der Waals surface area contributed by atoms with Gasteiger partial charge in [-0.1, -0.05) is 195 Å². The molecule has 1 saturated carbocycles. The highest BCUT2D eigenvalue weighted by atomic mass is 16.5. The summed E-state index contributed by atoms with van der Waals surface area (Å²) in [4.78, 5) is 39.0. The second-order valence-corrected chi connectivity index (χ2v) is 20.8. The van der Waals surface area contributed by atoms with Crippen LogP contribution in [0.4, 0.5) is 0 Å². The molecule has 1 heterocycles. The third-order valence-corrected chi connectivity index (χ3v) is 14.6. The summed E-state index contributed by atoms with van der Waals surface area (Å²) in [6.45, 7) is 24.8. The van der Waals surface area contributed by atoms with E-state index >= 15 is 0 Å². The molecule has 1 aliphatic carbocycles. The Morgan fingerprint density at radius 1 is 0.394 bits per heavy atom. The van der Waals surface area contributed by atoms with Gasteiger partial charge in [0.25, 0.3) is 0 Å². The quantitative estimate of drug-likeness (QED) is 0.0445. The topological polar surface area (TPSA) is 59.6 Å². The van der Waals surface area contributed by atoms with Crippen molar-refractivity contribution in [3.05, 3.63) is 11.3 Å². The van der Waals surface area contributed by atoms with Gasteiger partial charge in [-0.3, -0.25) is 19.4 Å². The molecule has 0 aromatic heterocycles. The Hall–Kier alpha value is -1.64. The normalized spacial score (nSPS) is 14.1. The molecule has 0 aromatic carbocycles. The Morgan fingerprint density at radius 3 is 1.12 bits per heavy atom. The van der Waals surface area contributed by atoms with Crippen molar-refractivity contribution in [3.63, 3.8) is 0 Å². The molecular weight excluding hydrogens is 815 g/mol. The van der Waals surface area contributed by atoms with Gasteiger partial charge < -0.3 is 19.4 Å². The van der Waals surface area contributed by atoms with Crippen molar-refractivity contribution >= 4 is 11.9 Å². The lowest BCUT2D eigenvalue weighted by molar-refractivity contribution is -0.143. The molecule has 0 N–H and O–H groups in total. The third-order valence-electron chi connectivity index (χ3n) is 14.6. The van der Waals surface area contributed by atoms with Crippen molar-refractivity contribution in [1.29, 1.82) is 0 Å². The van der Waals surface area contributed by atoms with E-state index in [-0.39, 0.29) is 5.97 Å². The highest BCUT2D eigenvalue weighted by Gasteiger charge is 2.29. The van der Waals surface area contributed by atoms with Crippen LogP contribution in [-0.4, -0.2) is 128 Å². The molecule has 8 nitrogen and oxygen atoms in total. The number of unbranched alkanes of at least 4 members (excludes halogenated alkanes) is 27. The second kappa shape index (κ2) is 43.4. The Balaban J connectivity index is 1.99. The molecule has 0 aromatic rings. The summed E-state index contributed by atoms with van der Waals surface area (Å²) < 4.78 is 5.15. The zero-order valence-corrected chi connectivity index (χ0v) is 45.1. The van der Waals surface area contributed by atoms with Gasteiger partial charge in [0.15, 0.2) is 0 Å². The van der Waals surface area contributed by atoms with E-state index in [1.54, 1.807) is 11.3 Å². The van der Waals surface area contributed by atoms with Gasteiger partial charge in [0.1, 0.15) is 0 Å². The Labute approximate surface area is 411 Å². The van der Waals surface area contributed by atoms with Gasteiger partial charge in [0, 0.05) is 57.9 Å². The summed E-state index contributed by atoms with van der Waals surface area (Å²) in [5, 5.41) is 0. The predicted octanol–water partition coefficient (Wildman–Crippen LogP) is 14.6. The number of hydrogen-bond acceptors (Lipinski definition) is 7. The first-order chi connectivity index (χ1) is 32.4. The van der Waals surface area contributed by atoms with Crippen molar-refractivity contribution in [3.8, 4) is 0 Å². The van der Waals surface area contributed by atoms with Crippen molar-refractivity contribution in [2.45, 2.75) is 259 Å². The van der Waals surface area contributed by atoms with E-state index in [0.717, 1.165) is 71.7 Å². The maximum Gasteiger partial charge on any atom is 0.305 e. The van der Waals surface area contributed by atoms with E-state index in [9.17, 15) is 9.59 Å². The summed E-state index contributed by atoms with van der Waals surface area (Å²) in [7, 11) is 0. The molecular formula is C58H113N5O3. The largest absolute Gasteiger partial charge is 0.466 e. The van der Waals surface area contributed by atoms with Crippen LogP contribution in [0.1, 0.15) is 259 Å². The van der Waals surface area contributed by atoms with Crippen molar-refractivity contribution < 1.29 is 14.3 Å². The number of allylic oxidation sites excluding steroid dienone is 1. The molecule has 0 atom stereocenters. The minimum atomic E-state index is -0.0496. The lowest BCUT2D eigenvalue weighted by Crippen LogP contribution is -2.52. The maximum atomic E-state index is 14.2. The fraction of sp³-hybridized carbons (Fsp3) is 0.931. The minimum Gasteiger partial charge on any atom is -0.466 e. The zero-order valence-electron chi connectivity index (χ0n) is 45.1. The number of piperazine rings is 1. The summed E-state index contributed by atoms with van der Waals surface area (Å²) in [6, 6.07) is 0. The molecule has 2 aliphatic rings. The van der Waals surface area contributed by atoms with Crippen molar-refractivity contribution in [1.82, 2.24) is 24.5 Å². The van der Waals surface area contributed by atoms with Gasteiger partial charge >= 0.3 is 5.97 Å². The molecule has 1 aliphatic heterocycles. The maximum absolute atomic E-state index is 14.2. The van der Waals surface area contributed by atoms with Crippen LogP contribution in [0.15, 0.2) is 11.3 Å². The van der Waals surface area contributed by atoms with Gasteiger partial charge in [-0.15, -0.1) is 0 Å². The molecule has 0 unspecified atom stereocenters. The monoisotopic (exact) mass is 928 g/mol. The average molecular weight is 929 g/mol. The fourth-order valence-corrected chi connectivity index (χ4v) is 10.0. The summed E-state index contributed by atoms with van der Waals surface area (Å²) in [5.41, 5.74) is 3.24. The van der Waals surface area contributed by atoms with Crippen LogP contribution in [-0.2, 0) is 14.3 Å². The third kappa shape index (κ3) is 33.0. The van der Waals surface area contributed by atoms with E-state index < -0.39 is 0 Å². The van der Waals surface area contributed by atoms with Crippen LogP contribution in [0.3, 0.4) is 0 Å². The number of esters is 1. The Kier molecular flexibility index (Phi) is 39.8. The standard InChI is InChI=1S/C58H113N5O3/c1-6-11-15-19-23-28-34-42-59(43-35-29-24-20-16-12-7-2)47-48-61(46-37-31-26-22-18-14-9-4)54-57(64)63-51-49-62(50-52-63)56(55-40-41-55)53-60(44-36-30-25-21-17-13-8-3)45-38-32-27-33-39-58(65)66-10-5/h6-54H2,1-5H3. The van der Waals surface area contributed by atoms with E-state index in [1.165, 1.54) is 225 Å². The number of rotatable bonds is 48. The number of carbonyl (C=O) groups is 2. The summed E-state index contributed by atoms with van der Waals surface area (Å²) >= 11 is 0. The molecule has 0 radical (unpaired) electrons. The number of ether oxygens (including phenoxy) is 1. The highest BCUT2D eigenvalue weighted by Crippen LogP contribution is 2.34. The van der Waals surface area contributed by atoms with Crippen LogP contribution in [0.25, 0.3) is 0 Å². The molecule has 2 fully saturated rings. The van der Waals surface area contributed by atoms with E-state index in [1.807, 2.05) is 6.92 Å². The fourth-order valence-electron chi connectivity index (χ4n) is 10.0. The van der Waals surface area contributed by atoms with Crippen LogP contribution in [0.2, 0.25) is 0 Å². The number of carbonyl (C=O) groups excluding carboxylic acids is 2. The lowest BCUT2D eigenvalue weighted by atomic mass is 10.1. The van der Waals surface area contributed by atoms with Crippen molar-refractivity contribution in [2.75, 3.05) is 91.7 Å². The van der Waals surface area contributed by atoms with Gasteiger partial charge in [0.2, 0.25) is 5.91 Å². The lowest BCUT2D eigenvalue weighted by Gasteiger charge is -2.39. The molecule has 66 heavy (non-hydrogen) atoms. The van der Waals surface area contributed by atoms with Crippen LogP contribution in [0, 0.1) is 0 Å². The average Bonchev–Trinajstić information content (AvgIpc) is 4.17. The smallest absolute Gasteiger partial charge is 0.305 e. The first kappa shape index (κ1) is 60.5. The Bertz CT molecular complexity index is 1130. The predicted molar refractivity (Wildman–Crippen MR) is 285 cm³/mol. The number of hydrogen-bond donors (Lipinski definition) is 0. The van der Waals surface area contributed by atoms with Crippen molar-refractivity contribution in [2.24, 2.45) is 0 Å². The molecule has 0 bridgehead atoms. The second-order valence-electron chi connectivity index (χ2n) is 20.8. The zero-order chi connectivity index (χ0) is 47.6. The first-order valence-electron chi connectivity index (χ1n) is 29.5. The number of nitrogens with zero attached hydrogens (tertiary/aromatic N) is 5. The van der Waals surface area contributed by atoms with Gasteiger partial charge in [-0.25, -0.2) is 0 Å². The Morgan fingerprint density at radius 2 is 0.727 bits per heavy atom. The molecule has 0 spiro atoms. The van der Waals surface area contributed by atoms with Crippen LogP contribution < -0.4 is 0 Å². The molecule has 1 saturated heterocycles. The number of amides is 1. The summed E-state index contributed by atoms with van der Waals surface area (Å²) in [5.74, 6) is 0.305. The minimum absolute atomic E-state index is 0.0496. The highest BCUT2D eigenvalue weighted by molar-refractivity contribution is 5.78. The van der Waals surface area contributed by atoms with Crippen LogP contribution in [0.5, 0.6) is 0 Å². The van der Waals surface area contributed by atoms with E-state index in [4.69, 9.17) is 4.74 Å². The van der Waals surface area contributed by atoms with Gasteiger partial charge in [0.05, 0.1) is 13.2 Å². The van der Waals surface area contributed by atoms with Gasteiger partial charge in [-0.2, -0.15) is 0 Å². The van der Waals surface area contributed by atoms with E-state index in [0.29, 0.717) is 25.5 Å². The SMILES string of the molecule is CCCCCCCCCN(CCCCCCCCC)CCN(CCCCCCCCC)CC(=O)N1CCN(C(CN(CCCCCCCCC)CCCCCCC(=O)OCC)=C2CC2)CC1. The summed E-state index contributed by atoms with van der Waals surface area (Å²) in [6.07, 6.45) is 45.2. The first-order valence-corrected chi connectivity index (χ1v) is 29.5. The molecule has 2 rings (SSSR count). The van der Waals surface area contributed by atoms with E-state index in [2.05, 4.69) is 52.2 Å².